The quantitative estimate of drug-likeness (QED) is 0.711. The Morgan fingerprint density at radius 2 is 1.79 bits per heavy atom. The van der Waals surface area contributed by atoms with Gasteiger partial charge in [0.2, 0.25) is 5.95 Å². The van der Waals surface area contributed by atoms with Gasteiger partial charge in [0.25, 0.3) is 5.56 Å². The van der Waals surface area contributed by atoms with Crippen LogP contribution in [0.1, 0.15) is 28.5 Å². The van der Waals surface area contributed by atoms with Gasteiger partial charge in [0, 0.05) is 25.4 Å². The van der Waals surface area contributed by atoms with Gasteiger partial charge in [0.15, 0.2) is 0 Å². The molecule has 1 atom stereocenters. The molecule has 1 heterocycles. The summed E-state index contributed by atoms with van der Waals surface area (Å²) in [5, 5.41) is 8.93. The summed E-state index contributed by atoms with van der Waals surface area (Å²) in [6, 6.07) is 12.2. The molecule has 0 aliphatic rings. The van der Waals surface area contributed by atoms with E-state index in [-0.39, 0.29) is 22.8 Å². The zero-order valence-corrected chi connectivity index (χ0v) is 16.0. The number of rotatable bonds is 5. The number of nitrogens with one attached hydrogen (secondary N) is 1. The Morgan fingerprint density at radius 1 is 1.17 bits per heavy atom. The fourth-order valence-electron chi connectivity index (χ4n) is 2.96. The number of benzene rings is 2. The Morgan fingerprint density at radius 3 is 2.34 bits per heavy atom. The standard InChI is InChI=1S/C21H18F2N4O2/c1-12-18(19(29-3)17-15(22)5-4-6-16(17)23)25-21(26-20(12)28)27(2)14-9-7-13(11-24)8-10-14/h4-10,19H,1-3H3,(H,25,26,28). The Balaban J connectivity index is 2.11. The Kier molecular flexibility index (Phi) is 5.71. The van der Waals surface area contributed by atoms with Gasteiger partial charge in [-0.15, -0.1) is 0 Å². The lowest BCUT2D eigenvalue weighted by molar-refractivity contribution is 0.125. The SMILES string of the molecule is COC(c1nc(N(C)c2ccc(C#N)cc2)[nH]c(=O)c1C)c1c(F)cccc1F. The summed E-state index contributed by atoms with van der Waals surface area (Å²) < 4.78 is 34.0. The Labute approximate surface area is 166 Å². The van der Waals surface area contributed by atoms with Crippen LogP contribution in [0.25, 0.3) is 0 Å². The molecule has 0 fully saturated rings. The fraction of sp³-hybridized carbons (Fsp3) is 0.190. The molecule has 6 nitrogen and oxygen atoms in total. The second-order valence-corrected chi connectivity index (χ2v) is 6.37. The van der Waals surface area contributed by atoms with Crippen LogP contribution in [0.3, 0.4) is 0 Å². The number of nitrogens with zero attached hydrogens (tertiary/aromatic N) is 3. The maximum Gasteiger partial charge on any atom is 0.255 e. The van der Waals surface area contributed by atoms with Crippen LogP contribution in [0, 0.1) is 29.9 Å². The summed E-state index contributed by atoms with van der Waals surface area (Å²) in [6.07, 6.45) is -1.20. The van der Waals surface area contributed by atoms with Crippen molar-refractivity contribution in [2.45, 2.75) is 13.0 Å². The first-order valence-electron chi connectivity index (χ1n) is 8.68. The predicted octanol–water partition coefficient (Wildman–Crippen LogP) is 3.73. The van der Waals surface area contributed by atoms with Crippen molar-refractivity contribution >= 4 is 11.6 Å². The van der Waals surface area contributed by atoms with Gasteiger partial charge in [0.05, 0.1) is 22.9 Å². The second kappa shape index (κ2) is 8.20. The topological polar surface area (TPSA) is 82.0 Å². The molecule has 8 heteroatoms. The van der Waals surface area contributed by atoms with Crippen molar-refractivity contribution in [1.82, 2.24) is 9.97 Å². The maximum absolute atomic E-state index is 14.3. The zero-order valence-electron chi connectivity index (χ0n) is 16.0. The van der Waals surface area contributed by atoms with E-state index >= 15 is 0 Å². The van der Waals surface area contributed by atoms with Crippen LogP contribution < -0.4 is 10.5 Å². The lowest BCUT2D eigenvalue weighted by atomic mass is 10.0. The summed E-state index contributed by atoms with van der Waals surface area (Å²) in [6.45, 7) is 1.51. The van der Waals surface area contributed by atoms with Crippen molar-refractivity contribution in [3.8, 4) is 6.07 Å². The summed E-state index contributed by atoms with van der Waals surface area (Å²) in [4.78, 5) is 21.2. The minimum absolute atomic E-state index is 0.107. The zero-order chi connectivity index (χ0) is 21.1. The highest BCUT2D eigenvalue weighted by atomic mass is 19.1. The van der Waals surface area contributed by atoms with Crippen LogP contribution in [0.15, 0.2) is 47.3 Å². The van der Waals surface area contributed by atoms with Crippen molar-refractivity contribution in [3.05, 3.63) is 86.8 Å². The van der Waals surface area contributed by atoms with E-state index in [2.05, 4.69) is 9.97 Å². The minimum atomic E-state index is -1.20. The van der Waals surface area contributed by atoms with Gasteiger partial charge in [-0.2, -0.15) is 5.26 Å². The number of ether oxygens (including phenoxy) is 1. The number of methoxy groups -OCH3 is 1. The van der Waals surface area contributed by atoms with E-state index in [0.717, 1.165) is 12.1 Å². The van der Waals surface area contributed by atoms with Gasteiger partial charge < -0.3 is 9.64 Å². The average molecular weight is 396 g/mol. The van der Waals surface area contributed by atoms with Crippen molar-refractivity contribution < 1.29 is 13.5 Å². The molecule has 1 N–H and O–H groups in total. The first kappa shape index (κ1) is 20.2. The third kappa shape index (κ3) is 3.86. The number of nitriles is 1. The molecule has 3 aromatic rings. The first-order chi connectivity index (χ1) is 13.9. The van der Waals surface area contributed by atoms with Crippen LogP contribution in [0.2, 0.25) is 0 Å². The lowest BCUT2D eigenvalue weighted by Gasteiger charge is -2.22. The normalized spacial score (nSPS) is 11.7. The minimum Gasteiger partial charge on any atom is -0.370 e. The molecule has 1 aromatic heterocycles. The van der Waals surface area contributed by atoms with E-state index in [0.29, 0.717) is 11.3 Å². The van der Waals surface area contributed by atoms with E-state index in [1.54, 1.807) is 36.2 Å². The molecule has 0 spiro atoms. The third-order valence-electron chi connectivity index (χ3n) is 4.62. The Hall–Kier alpha value is -3.57. The number of aromatic nitrogens is 2. The van der Waals surface area contributed by atoms with E-state index < -0.39 is 23.3 Å². The predicted molar refractivity (Wildman–Crippen MR) is 104 cm³/mol. The number of anilines is 2. The molecule has 1 unspecified atom stereocenters. The molecular formula is C21H18F2N4O2. The van der Waals surface area contributed by atoms with Gasteiger partial charge in [0.1, 0.15) is 17.7 Å². The number of hydrogen-bond donors (Lipinski definition) is 1. The highest BCUT2D eigenvalue weighted by Gasteiger charge is 2.26. The van der Waals surface area contributed by atoms with Gasteiger partial charge in [-0.05, 0) is 43.3 Å². The van der Waals surface area contributed by atoms with Gasteiger partial charge >= 0.3 is 0 Å². The molecular weight excluding hydrogens is 378 g/mol. The van der Waals surface area contributed by atoms with Crippen molar-refractivity contribution in [3.63, 3.8) is 0 Å². The van der Waals surface area contributed by atoms with E-state index in [4.69, 9.17) is 10.00 Å². The molecule has 148 valence electrons. The second-order valence-electron chi connectivity index (χ2n) is 6.37. The van der Waals surface area contributed by atoms with Crippen LogP contribution in [0.4, 0.5) is 20.4 Å². The maximum atomic E-state index is 14.3. The monoisotopic (exact) mass is 396 g/mol. The van der Waals surface area contributed by atoms with Crippen LogP contribution in [-0.4, -0.2) is 24.1 Å². The summed E-state index contributed by atoms with van der Waals surface area (Å²) in [7, 11) is 2.97. The van der Waals surface area contributed by atoms with Crippen molar-refractivity contribution in [2.24, 2.45) is 0 Å². The first-order valence-corrected chi connectivity index (χ1v) is 8.68. The molecule has 0 aliphatic heterocycles. The molecule has 0 aliphatic carbocycles. The number of hydrogen-bond acceptors (Lipinski definition) is 5. The Bertz CT molecular complexity index is 1120. The molecule has 0 radical (unpaired) electrons. The average Bonchev–Trinajstić information content (AvgIpc) is 2.72. The number of halogens is 2. The summed E-state index contributed by atoms with van der Waals surface area (Å²) in [5.41, 5.74) is 0.676. The van der Waals surface area contributed by atoms with Crippen molar-refractivity contribution in [2.75, 3.05) is 19.1 Å². The number of H-pyrrole nitrogens is 1. The summed E-state index contributed by atoms with van der Waals surface area (Å²) >= 11 is 0. The molecule has 0 bridgehead atoms. The van der Waals surface area contributed by atoms with Crippen LogP contribution in [-0.2, 0) is 4.74 Å². The highest BCUT2D eigenvalue weighted by Crippen LogP contribution is 2.31. The third-order valence-corrected chi connectivity index (χ3v) is 4.62. The highest BCUT2D eigenvalue weighted by molar-refractivity contribution is 5.58. The van der Waals surface area contributed by atoms with Gasteiger partial charge in [-0.1, -0.05) is 6.07 Å². The molecule has 0 saturated heterocycles. The van der Waals surface area contributed by atoms with E-state index in [1.807, 2.05) is 6.07 Å². The lowest BCUT2D eigenvalue weighted by Crippen LogP contribution is -2.24. The molecule has 0 amide bonds. The molecule has 0 saturated carbocycles. The van der Waals surface area contributed by atoms with E-state index in [9.17, 15) is 13.6 Å². The molecule has 29 heavy (non-hydrogen) atoms. The fourth-order valence-corrected chi connectivity index (χ4v) is 2.96. The van der Waals surface area contributed by atoms with Crippen LogP contribution in [0.5, 0.6) is 0 Å². The van der Waals surface area contributed by atoms with Crippen molar-refractivity contribution in [1.29, 1.82) is 5.26 Å². The molecule has 2 aromatic carbocycles. The smallest absolute Gasteiger partial charge is 0.255 e. The largest absolute Gasteiger partial charge is 0.370 e. The van der Waals surface area contributed by atoms with Gasteiger partial charge in [-0.3, -0.25) is 9.78 Å². The molecule has 3 rings (SSSR count). The summed E-state index contributed by atoms with van der Waals surface area (Å²) in [5.74, 6) is -1.42. The number of aromatic amines is 1. The van der Waals surface area contributed by atoms with E-state index in [1.165, 1.54) is 20.1 Å². The van der Waals surface area contributed by atoms with Gasteiger partial charge in [-0.25, -0.2) is 13.8 Å². The van der Waals surface area contributed by atoms with Crippen LogP contribution >= 0.6 is 0 Å².